The number of nitrogens with zero attached hydrogens (tertiary/aromatic N) is 2. The fourth-order valence-corrected chi connectivity index (χ4v) is 6.55. The van der Waals surface area contributed by atoms with Crippen LogP contribution in [-0.4, -0.2) is 0 Å². The Labute approximate surface area is 265 Å². The summed E-state index contributed by atoms with van der Waals surface area (Å²) in [5.74, 6) is 0. The van der Waals surface area contributed by atoms with Gasteiger partial charge in [0.25, 0.3) is 0 Å². The Hall–Kier alpha value is -6.26. The van der Waals surface area contributed by atoms with Gasteiger partial charge in [0.05, 0.1) is 5.69 Å². The highest BCUT2D eigenvalue weighted by Crippen LogP contribution is 2.44. The fraction of sp³-hybridized carbons (Fsp3) is 0. The maximum atomic E-state index is 6.67. The summed E-state index contributed by atoms with van der Waals surface area (Å²) >= 11 is 0. The molecule has 9 aromatic rings. The molecule has 9 rings (SSSR count). The van der Waals surface area contributed by atoms with Crippen LogP contribution in [0.3, 0.4) is 0 Å². The molecular weight excluding hydrogens is 564 g/mol. The molecule has 0 aliphatic rings. The quantitative estimate of drug-likeness (QED) is 0.192. The number of hydrogen-bond donors (Lipinski definition) is 0. The smallest absolute Gasteiger partial charge is 0.159 e. The van der Waals surface area contributed by atoms with E-state index in [-0.39, 0.29) is 0 Å². The normalized spacial score (nSPS) is 11.5. The Bertz CT molecular complexity index is 2440. The van der Waals surface area contributed by atoms with E-state index in [0.29, 0.717) is 0 Å². The lowest BCUT2D eigenvalue weighted by Gasteiger charge is -2.25. The number of rotatable bonds is 6. The minimum Gasteiger partial charge on any atom is -0.456 e. The maximum absolute atomic E-state index is 6.67. The summed E-state index contributed by atoms with van der Waals surface area (Å²) in [6.45, 7) is 0. The van der Waals surface area contributed by atoms with Crippen LogP contribution in [-0.2, 0) is 0 Å². The van der Waals surface area contributed by atoms with Gasteiger partial charge < -0.3 is 18.6 Å². The van der Waals surface area contributed by atoms with E-state index in [0.717, 1.165) is 78.0 Å². The third kappa shape index (κ3) is 4.31. The predicted octanol–water partition coefficient (Wildman–Crippen LogP) is 12.4. The molecular formula is C42H28N2O2. The molecule has 46 heavy (non-hydrogen) atoms. The lowest BCUT2D eigenvalue weighted by atomic mass is 10.1. The van der Waals surface area contributed by atoms with E-state index in [9.17, 15) is 0 Å². The van der Waals surface area contributed by atoms with Crippen molar-refractivity contribution in [3.63, 3.8) is 0 Å². The molecule has 4 nitrogen and oxygen atoms in total. The first-order valence-electron chi connectivity index (χ1n) is 15.4. The molecule has 0 saturated carbocycles. The topological polar surface area (TPSA) is 32.8 Å². The summed E-state index contributed by atoms with van der Waals surface area (Å²) in [5.41, 5.74) is 9.68. The lowest BCUT2D eigenvalue weighted by Crippen LogP contribution is -2.09. The van der Waals surface area contributed by atoms with E-state index in [1.807, 2.05) is 30.3 Å². The monoisotopic (exact) mass is 592 g/mol. The van der Waals surface area contributed by atoms with Crippen LogP contribution in [0, 0.1) is 0 Å². The van der Waals surface area contributed by atoms with Crippen LogP contribution < -0.4 is 9.80 Å². The van der Waals surface area contributed by atoms with E-state index in [1.165, 1.54) is 0 Å². The Balaban J connectivity index is 1.22. The van der Waals surface area contributed by atoms with Gasteiger partial charge in [-0.1, -0.05) is 84.9 Å². The summed E-state index contributed by atoms with van der Waals surface area (Å²) in [7, 11) is 0. The first-order valence-corrected chi connectivity index (χ1v) is 15.4. The van der Waals surface area contributed by atoms with E-state index in [1.54, 1.807) is 0 Å². The van der Waals surface area contributed by atoms with Gasteiger partial charge in [-0.15, -0.1) is 0 Å². The average Bonchev–Trinajstić information content (AvgIpc) is 3.68. The first kappa shape index (κ1) is 26.2. The molecule has 0 bridgehead atoms. The van der Waals surface area contributed by atoms with E-state index in [2.05, 4.69) is 149 Å². The van der Waals surface area contributed by atoms with Crippen LogP contribution in [0.4, 0.5) is 34.1 Å². The van der Waals surface area contributed by atoms with Crippen LogP contribution in [0.5, 0.6) is 0 Å². The molecule has 0 amide bonds. The van der Waals surface area contributed by atoms with Gasteiger partial charge in [0, 0.05) is 56.0 Å². The number of furan rings is 2. The van der Waals surface area contributed by atoms with Crippen LogP contribution >= 0.6 is 0 Å². The van der Waals surface area contributed by atoms with Gasteiger partial charge in [0.1, 0.15) is 16.7 Å². The van der Waals surface area contributed by atoms with Crippen molar-refractivity contribution in [2.75, 3.05) is 9.80 Å². The largest absolute Gasteiger partial charge is 0.456 e. The molecule has 0 atom stereocenters. The minimum atomic E-state index is 0.841. The molecule has 7 aromatic carbocycles. The Kier molecular flexibility index (Phi) is 6.10. The predicted molar refractivity (Wildman–Crippen MR) is 190 cm³/mol. The maximum Gasteiger partial charge on any atom is 0.159 e. The van der Waals surface area contributed by atoms with Crippen LogP contribution in [0.25, 0.3) is 43.9 Å². The highest BCUT2D eigenvalue weighted by Gasteiger charge is 2.21. The Morgan fingerprint density at radius 1 is 0.304 bits per heavy atom. The van der Waals surface area contributed by atoms with Crippen LogP contribution in [0.1, 0.15) is 0 Å². The summed E-state index contributed by atoms with van der Waals surface area (Å²) in [5, 5.41) is 4.35. The number of anilines is 6. The molecule has 0 spiro atoms. The first-order chi connectivity index (χ1) is 22.8. The van der Waals surface area contributed by atoms with Gasteiger partial charge >= 0.3 is 0 Å². The van der Waals surface area contributed by atoms with Gasteiger partial charge in [0.2, 0.25) is 0 Å². The summed E-state index contributed by atoms with van der Waals surface area (Å²) in [6, 6.07) is 58.8. The Morgan fingerprint density at radius 3 is 1.57 bits per heavy atom. The molecule has 0 N–H and O–H groups in total. The van der Waals surface area contributed by atoms with Crippen molar-refractivity contribution >= 4 is 78.0 Å². The van der Waals surface area contributed by atoms with Crippen molar-refractivity contribution in [2.24, 2.45) is 0 Å². The molecule has 2 heterocycles. The molecule has 0 radical (unpaired) electrons. The number of fused-ring (bicyclic) bond motifs is 6. The molecule has 0 unspecified atom stereocenters. The molecule has 0 saturated heterocycles. The highest BCUT2D eigenvalue weighted by atomic mass is 16.3. The summed E-state index contributed by atoms with van der Waals surface area (Å²) in [4.78, 5) is 4.53. The average molecular weight is 593 g/mol. The van der Waals surface area contributed by atoms with Crippen LogP contribution in [0.2, 0.25) is 0 Å². The molecule has 218 valence electrons. The van der Waals surface area contributed by atoms with Crippen molar-refractivity contribution in [2.45, 2.75) is 0 Å². The zero-order valence-corrected chi connectivity index (χ0v) is 24.9. The molecule has 0 aliphatic carbocycles. The van der Waals surface area contributed by atoms with E-state index in [4.69, 9.17) is 8.83 Å². The zero-order valence-electron chi connectivity index (χ0n) is 24.9. The van der Waals surface area contributed by atoms with Gasteiger partial charge in [-0.25, -0.2) is 0 Å². The second-order valence-corrected chi connectivity index (χ2v) is 11.4. The molecule has 0 fully saturated rings. The van der Waals surface area contributed by atoms with Crippen molar-refractivity contribution in [3.8, 4) is 0 Å². The highest BCUT2D eigenvalue weighted by molar-refractivity contribution is 6.12. The fourth-order valence-electron chi connectivity index (χ4n) is 6.55. The lowest BCUT2D eigenvalue weighted by molar-refractivity contribution is 0.668. The zero-order chi connectivity index (χ0) is 30.5. The van der Waals surface area contributed by atoms with Gasteiger partial charge in [-0.05, 0) is 78.9 Å². The van der Waals surface area contributed by atoms with E-state index >= 15 is 0 Å². The van der Waals surface area contributed by atoms with Gasteiger partial charge in [-0.2, -0.15) is 0 Å². The van der Waals surface area contributed by atoms with Crippen molar-refractivity contribution in [3.05, 3.63) is 170 Å². The van der Waals surface area contributed by atoms with Crippen molar-refractivity contribution in [1.82, 2.24) is 0 Å². The third-order valence-electron chi connectivity index (χ3n) is 8.62. The summed E-state index contributed by atoms with van der Waals surface area (Å²) in [6.07, 6.45) is 0. The molecule has 0 aliphatic heterocycles. The number of para-hydroxylation sites is 5. The van der Waals surface area contributed by atoms with Crippen molar-refractivity contribution < 1.29 is 8.83 Å². The van der Waals surface area contributed by atoms with Gasteiger partial charge in [0.15, 0.2) is 5.58 Å². The number of hydrogen-bond acceptors (Lipinski definition) is 4. The Morgan fingerprint density at radius 2 is 0.848 bits per heavy atom. The summed E-state index contributed by atoms with van der Waals surface area (Å²) < 4.78 is 13.0. The second kappa shape index (κ2) is 10.7. The second-order valence-electron chi connectivity index (χ2n) is 11.4. The molecule has 4 heteroatoms. The standard InChI is InChI=1S/C42H28N2O2/c1-4-13-29(14-5-1)43(33-23-25-35-34-19-10-11-22-39(34)45-41(35)28-33)32-24-26-40-37(27-32)36-20-12-21-38(42(36)46-40)44(30-15-6-2-7-16-30)31-17-8-3-9-18-31/h1-28H. The van der Waals surface area contributed by atoms with E-state index < -0.39 is 0 Å². The third-order valence-corrected chi connectivity index (χ3v) is 8.62. The minimum absolute atomic E-state index is 0.841. The van der Waals surface area contributed by atoms with Crippen LogP contribution in [0.15, 0.2) is 179 Å². The van der Waals surface area contributed by atoms with Gasteiger partial charge in [-0.3, -0.25) is 0 Å². The van der Waals surface area contributed by atoms with Crippen molar-refractivity contribution in [1.29, 1.82) is 0 Å². The SMILES string of the molecule is c1ccc(N(c2ccc3c(c2)oc2ccccc23)c2ccc3oc4c(N(c5ccccc5)c5ccccc5)cccc4c3c2)cc1. The molecule has 2 aromatic heterocycles. The number of benzene rings is 7.